The summed E-state index contributed by atoms with van der Waals surface area (Å²) in [5, 5.41) is 11.4. The van der Waals surface area contributed by atoms with Crippen LogP contribution in [0, 0.1) is 18.8 Å². The lowest BCUT2D eigenvalue weighted by Crippen LogP contribution is -2.28. The molecule has 1 N–H and O–H groups in total. The molecule has 2 nitrogen and oxygen atoms in total. The van der Waals surface area contributed by atoms with E-state index in [-0.39, 0.29) is 11.8 Å². The molecule has 1 aromatic heterocycles. The summed E-state index contributed by atoms with van der Waals surface area (Å²) in [5.74, 6) is 0.0828. The second-order valence-electron chi connectivity index (χ2n) is 4.90. The molecule has 1 saturated carbocycles. The van der Waals surface area contributed by atoms with E-state index < -0.39 is 5.97 Å². The number of hydrogen-bond donors (Lipinski definition) is 1. The van der Waals surface area contributed by atoms with E-state index >= 15 is 0 Å². The molecule has 16 heavy (non-hydrogen) atoms. The highest BCUT2D eigenvalue weighted by Gasteiger charge is 2.35. The molecule has 1 aliphatic rings. The van der Waals surface area contributed by atoms with Crippen molar-refractivity contribution in [1.82, 2.24) is 0 Å². The minimum absolute atomic E-state index is 0.176. The van der Waals surface area contributed by atoms with Crippen molar-refractivity contribution in [2.24, 2.45) is 11.8 Å². The SMILES string of the molecule is Cc1sccc1C1CC(C)CCC1C(=O)O. The van der Waals surface area contributed by atoms with Crippen molar-refractivity contribution in [2.75, 3.05) is 0 Å². The lowest BCUT2D eigenvalue weighted by Gasteiger charge is -2.32. The minimum Gasteiger partial charge on any atom is -0.481 e. The lowest BCUT2D eigenvalue weighted by molar-refractivity contribution is -0.143. The standard InChI is InChI=1S/C13H18O2S/c1-8-3-4-11(13(14)15)12(7-8)10-5-6-16-9(10)2/h5-6,8,11-12H,3-4,7H2,1-2H3,(H,14,15). The van der Waals surface area contributed by atoms with Gasteiger partial charge in [0.2, 0.25) is 0 Å². The van der Waals surface area contributed by atoms with Crippen LogP contribution in [0.2, 0.25) is 0 Å². The zero-order valence-electron chi connectivity index (χ0n) is 9.77. The fraction of sp³-hybridized carbons (Fsp3) is 0.615. The molecule has 1 fully saturated rings. The van der Waals surface area contributed by atoms with Crippen LogP contribution in [-0.2, 0) is 4.79 Å². The second kappa shape index (κ2) is 4.58. The number of rotatable bonds is 2. The zero-order valence-corrected chi connectivity index (χ0v) is 10.6. The van der Waals surface area contributed by atoms with Gasteiger partial charge in [0, 0.05) is 4.88 Å². The largest absolute Gasteiger partial charge is 0.481 e. The fourth-order valence-electron chi connectivity index (χ4n) is 2.80. The molecule has 1 aromatic rings. The van der Waals surface area contributed by atoms with Crippen LogP contribution < -0.4 is 0 Å². The first-order valence-corrected chi connectivity index (χ1v) is 6.74. The molecule has 3 unspecified atom stereocenters. The van der Waals surface area contributed by atoms with E-state index in [1.165, 1.54) is 10.4 Å². The molecule has 88 valence electrons. The van der Waals surface area contributed by atoms with Gasteiger partial charge in [-0.15, -0.1) is 11.3 Å². The molecular weight excluding hydrogens is 220 g/mol. The van der Waals surface area contributed by atoms with Crippen LogP contribution >= 0.6 is 11.3 Å². The van der Waals surface area contributed by atoms with E-state index in [0.29, 0.717) is 5.92 Å². The van der Waals surface area contributed by atoms with Gasteiger partial charge in [-0.1, -0.05) is 6.92 Å². The van der Waals surface area contributed by atoms with Gasteiger partial charge in [-0.05, 0) is 55.0 Å². The smallest absolute Gasteiger partial charge is 0.307 e. The van der Waals surface area contributed by atoms with Crippen LogP contribution in [0.5, 0.6) is 0 Å². The van der Waals surface area contributed by atoms with Crippen LogP contribution in [0.4, 0.5) is 0 Å². The number of aliphatic carboxylic acids is 1. The highest BCUT2D eigenvalue weighted by atomic mass is 32.1. The first-order valence-electron chi connectivity index (χ1n) is 5.86. The molecule has 3 atom stereocenters. The van der Waals surface area contributed by atoms with Gasteiger partial charge in [0.15, 0.2) is 0 Å². The van der Waals surface area contributed by atoms with Crippen LogP contribution in [-0.4, -0.2) is 11.1 Å². The van der Waals surface area contributed by atoms with Gasteiger partial charge in [-0.2, -0.15) is 0 Å². The third-order valence-electron chi connectivity index (χ3n) is 3.73. The molecule has 0 saturated heterocycles. The number of carboxylic acid groups (broad SMARTS) is 1. The maximum absolute atomic E-state index is 11.3. The quantitative estimate of drug-likeness (QED) is 0.853. The molecule has 1 heterocycles. The van der Waals surface area contributed by atoms with E-state index in [0.717, 1.165) is 19.3 Å². The first kappa shape index (κ1) is 11.6. The van der Waals surface area contributed by atoms with Crippen LogP contribution in [0.3, 0.4) is 0 Å². The minimum atomic E-state index is -0.623. The number of carboxylic acids is 1. The van der Waals surface area contributed by atoms with Crippen molar-refractivity contribution in [2.45, 2.75) is 39.0 Å². The van der Waals surface area contributed by atoms with Crippen molar-refractivity contribution >= 4 is 17.3 Å². The van der Waals surface area contributed by atoms with Crippen molar-refractivity contribution in [3.8, 4) is 0 Å². The number of aryl methyl sites for hydroxylation is 1. The Morgan fingerprint density at radius 2 is 2.25 bits per heavy atom. The number of carbonyl (C=O) groups is 1. The summed E-state index contributed by atoms with van der Waals surface area (Å²) in [5.41, 5.74) is 1.27. The van der Waals surface area contributed by atoms with E-state index in [2.05, 4.69) is 25.3 Å². The summed E-state index contributed by atoms with van der Waals surface area (Å²) < 4.78 is 0. The van der Waals surface area contributed by atoms with Crippen molar-refractivity contribution < 1.29 is 9.90 Å². The summed E-state index contributed by atoms with van der Waals surface area (Å²) in [6.45, 7) is 4.32. The third-order valence-corrected chi connectivity index (χ3v) is 4.59. The maximum Gasteiger partial charge on any atom is 0.307 e. The molecule has 0 bridgehead atoms. The Labute approximate surface area is 100 Å². The summed E-state index contributed by atoms with van der Waals surface area (Å²) in [4.78, 5) is 12.6. The topological polar surface area (TPSA) is 37.3 Å². The normalized spacial score (nSPS) is 30.2. The van der Waals surface area contributed by atoms with Crippen molar-refractivity contribution in [1.29, 1.82) is 0 Å². The van der Waals surface area contributed by atoms with E-state index in [4.69, 9.17) is 0 Å². The van der Waals surface area contributed by atoms with Gasteiger partial charge in [-0.25, -0.2) is 0 Å². The Kier molecular flexibility index (Phi) is 3.33. The summed E-state index contributed by atoms with van der Waals surface area (Å²) in [7, 11) is 0. The van der Waals surface area contributed by atoms with Gasteiger partial charge < -0.3 is 5.11 Å². The van der Waals surface area contributed by atoms with Gasteiger partial charge in [0.25, 0.3) is 0 Å². The molecule has 0 aliphatic heterocycles. The van der Waals surface area contributed by atoms with Crippen molar-refractivity contribution in [3.05, 3.63) is 21.9 Å². The van der Waals surface area contributed by atoms with Gasteiger partial charge >= 0.3 is 5.97 Å². The Morgan fingerprint density at radius 3 is 2.81 bits per heavy atom. The monoisotopic (exact) mass is 238 g/mol. The predicted octanol–water partition coefficient (Wildman–Crippen LogP) is 3.66. The first-order chi connectivity index (χ1) is 7.59. The fourth-order valence-corrected chi connectivity index (χ4v) is 3.57. The maximum atomic E-state index is 11.3. The molecule has 0 aromatic carbocycles. The predicted molar refractivity (Wildman–Crippen MR) is 65.9 cm³/mol. The Balaban J connectivity index is 2.27. The van der Waals surface area contributed by atoms with E-state index in [9.17, 15) is 9.90 Å². The summed E-state index contributed by atoms with van der Waals surface area (Å²) in [6, 6.07) is 2.11. The second-order valence-corrected chi connectivity index (χ2v) is 6.02. The molecule has 1 aliphatic carbocycles. The van der Waals surface area contributed by atoms with Gasteiger partial charge in [0.05, 0.1) is 5.92 Å². The Morgan fingerprint density at radius 1 is 1.50 bits per heavy atom. The zero-order chi connectivity index (χ0) is 11.7. The summed E-state index contributed by atoms with van der Waals surface area (Å²) >= 11 is 1.72. The van der Waals surface area contributed by atoms with Gasteiger partial charge in [0.1, 0.15) is 0 Å². The molecular formula is C13H18O2S. The van der Waals surface area contributed by atoms with Gasteiger partial charge in [-0.3, -0.25) is 4.79 Å². The lowest BCUT2D eigenvalue weighted by atomic mass is 9.72. The molecule has 3 heteroatoms. The third kappa shape index (κ3) is 2.14. The Bertz CT molecular complexity index is 383. The Hall–Kier alpha value is -0.830. The van der Waals surface area contributed by atoms with Crippen LogP contribution in [0.15, 0.2) is 11.4 Å². The van der Waals surface area contributed by atoms with Crippen LogP contribution in [0.1, 0.15) is 42.5 Å². The number of hydrogen-bond acceptors (Lipinski definition) is 2. The van der Waals surface area contributed by atoms with E-state index in [1.807, 2.05) is 0 Å². The number of thiophene rings is 1. The average molecular weight is 238 g/mol. The molecule has 0 amide bonds. The molecule has 0 radical (unpaired) electrons. The van der Waals surface area contributed by atoms with Crippen molar-refractivity contribution in [3.63, 3.8) is 0 Å². The molecule has 2 rings (SSSR count). The highest BCUT2D eigenvalue weighted by Crippen LogP contribution is 2.42. The van der Waals surface area contributed by atoms with Crippen LogP contribution in [0.25, 0.3) is 0 Å². The summed E-state index contributed by atoms with van der Waals surface area (Å²) in [6.07, 6.45) is 2.90. The van der Waals surface area contributed by atoms with E-state index in [1.54, 1.807) is 11.3 Å². The highest BCUT2D eigenvalue weighted by molar-refractivity contribution is 7.10. The average Bonchev–Trinajstić information content (AvgIpc) is 2.63. The molecule has 0 spiro atoms.